The number of amides is 2. The first-order chi connectivity index (χ1) is 10.9. The van der Waals surface area contributed by atoms with Crippen LogP contribution in [0.2, 0.25) is 0 Å². The Hall–Kier alpha value is -2.89. The molecular weight excluding hydrogens is 299 g/mol. The minimum atomic E-state index is -0.528. The number of benzene rings is 2. The zero-order valence-electron chi connectivity index (χ0n) is 13.1. The molecule has 0 spiro atoms. The number of nitrogens with one attached hydrogen (secondary N) is 2. The quantitative estimate of drug-likeness (QED) is 0.909. The maximum Gasteiger partial charge on any atom is 0.259 e. The molecule has 0 aliphatic carbocycles. The van der Waals surface area contributed by atoms with E-state index in [1.165, 1.54) is 26.2 Å². The van der Waals surface area contributed by atoms with Gasteiger partial charge >= 0.3 is 0 Å². The van der Waals surface area contributed by atoms with Crippen LogP contribution < -0.4 is 15.4 Å². The summed E-state index contributed by atoms with van der Waals surface area (Å²) in [6, 6.07) is 8.86. The first kappa shape index (κ1) is 16.5. The highest BCUT2D eigenvalue weighted by Crippen LogP contribution is 2.26. The van der Waals surface area contributed by atoms with E-state index in [4.69, 9.17) is 4.74 Å². The fourth-order valence-corrected chi connectivity index (χ4v) is 2.14. The lowest BCUT2D eigenvalue weighted by Gasteiger charge is -2.14. The molecule has 0 aromatic heterocycles. The van der Waals surface area contributed by atoms with E-state index in [1.807, 2.05) is 0 Å². The molecule has 0 fully saturated rings. The highest BCUT2D eigenvalue weighted by atomic mass is 19.1. The van der Waals surface area contributed by atoms with Crippen LogP contribution in [0.4, 0.5) is 15.8 Å². The van der Waals surface area contributed by atoms with Gasteiger partial charge in [-0.3, -0.25) is 9.59 Å². The molecule has 2 amide bonds. The minimum Gasteiger partial charge on any atom is -0.496 e. The van der Waals surface area contributed by atoms with Gasteiger partial charge in [0.15, 0.2) is 0 Å². The summed E-state index contributed by atoms with van der Waals surface area (Å²) in [5.41, 5.74) is 1.91. The SMILES string of the molecule is COc1ccc(F)cc1C(=O)Nc1cccc(NC(C)=O)c1C. The van der Waals surface area contributed by atoms with Gasteiger partial charge in [0.25, 0.3) is 5.91 Å². The van der Waals surface area contributed by atoms with Gasteiger partial charge in [-0.2, -0.15) is 0 Å². The molecule has 0 saturated carbocycles. The third kappa shape index (κ3) is 3.85. The molecule has 2 rings (SSSR count). The molecule has 2 aromatic rings. The monoisotopic (exact) mass is 316 g/mol. The average Bonchev–Trinajstić information content (AvgIpc) is 2.50. The number of carbonyl (C=O) groups is 2. The second kappa shape index (κ2) is 6.91. The largest absolute Gasteiger partial charge is 0.496 e. The van der Waals surface area contributed by atoms with Crippen molar-refractivity contribution in [2.75, 3.05) is 17.7 Å². The highest BCUT2D eigenvalue weighted by Gasteiger charge is 2.15. The Morgan fingerprint density at radius 1 is 1.09 bits per heavy atom. The van der Waals surface area contributed by atoms with Crippen molar-refractivity contribution in [1.82, 2.24) is 0 Å². The topological polar surface area (TPSA) is 67.4 Å². The smallest absolute Gasteiger partial charge is 0.259 e. The van der Waals surface area contributed by atoms with E-state index in [9.17, 15) is 14.0 Å². The van der Waals surface area contributed by atoms with Gasteiger partial charge in [-0.15, -0.1) is 0 Å². The first-order valence-electron chi connectivity index (χ1n) is 6.94. The number of rotatable bonds is 4. The van der Waals surface area contributed by atoms with Crippen molar-refractivity contribution >= 4 is 23.2 Å². The van der Waals surface area contributed by atoms with Crippen molar-refractivity contribution in [3.8, 4) is 5.75 Å². The van der Waals surface area contributed by atoms with Gasteiger partial charge in [-0.1, -0.05) is 6.07 Å². The van der Waals surface area contributed by atoms with Crippen LogP contribution in [-0.4, -0.2) is 18.9 Å². The summed E-state index contributed by atoms with van der Waals surface area (Å²) in [4.78, 5) is 23.6. The number of ether oxygens (including phenoxy) is 1. The van der Waals surface area contributed by atoms with Crippen molar-refractivity contribution in [2.24, 2.45) is 0 Å². The normalized spacial score (nSPS) is 10.1. The minimum absolute atomic E-state index is 0.0943. The molecule has 5 nitrogen and oxygen atoms in total. The van der Waals surface area contributed by atoms with E-state index in [-0.39, 0.29) is 17.2 Å². The van der Waals surface area contributed by atoms with Gasteiger partial charge in [0.2, 0.25) is 5.91 Å². The molecule has 0 aliphatic heterocycles. The fraction of sp³-hybridized carbons (Fsp3) is 0.176. The van der Waals surface area contributed by atoms with Crippen molar-refractivity contribution in [2.45, 2.75) is 13.8 Å². The number of halogens is 1. The van der Waals surface area contributed by atoms with Crippen LogP contribution in [0.15, 0.2) is 36.4 Å². The van der Waals surface area contributed by atoms with Gasteiger partial charge in [-0.05, 0) is 42.8 Å². The number of hydrogen-bond acceptors (Lipinski definition) is 3. The van der Waals surface area contributed by atoms with Crippen LogP contribution in [0.5, 0.6) is 5.75 Å². The van der Waals surface area contributed by atoms with Gasteiger partial charge in [0.05, 0.1) is 12.7 Å². The highest BCUT2D eigenvalue weighted by molar-refractivity contribution is 6.07. The standard InChI is InChI=1S/C17H17FN2O3/c1-10-14(19-11(2)21)5-4-6-15(10)20-17(22)13-9-12(18)7-8-16(13)23-3/h4-9H,1-3H3,(H,19,21)(H,20,22). The van der Waals surface area contributed by atoms with Crippen LogP contribution in [0.3, 0.4) is 0 Å². The lowest BCUT2D eigenvalue weighted by molar-refractivity contribution is -0.114. The van der Waals surface area contributed by atoms with E-state index in [1.54, 1.807) is 25.1 Å². The van der Waals surface area contributed by atoms with Crippen LogP contribution in [0.1, 0.15) is 22.8 Å². The maximum atomic E-state index is 13.4. The lowest BCUT2D eigenvalue weighted by atomic mass is 10.1. The van der Waals surface area contributed by atoms with Gasteiger partial charge < -0.3 is 15.4 Å². The van der Waals surface area contributed by atoms with Crippen molar-refractivity contribution in [3.05, 3.63) is 53.3 Å². The van der Waals surface area contributed by atoms with E-state index in [0.29, 0.717) is 16.9 Å². The van der Waals surface area contributed by atoms with Gasteiger partial charge in [0, 0.05) is 18.3 Å². The molecule has 0 radical (unpaired) electrons. The summed E-state index contributed by atoms with van der Waals surface area (Å²) < 4.78 is 18.5. The first-order valence-corrected chi connectivity index (χ1v) is 6.94. The molecule has 0 unspecified atom stereocenters. The van der Waals surface area contributed by atoms with Crippen molar-refractivity contribution in [3.63, 3.8) is 0 Å². The molecule has 0 bridgehead atoms. The third-order valence-corrected chi connectivity index (χ3v) is 3.30. The Balaban J connectivity index is 2.31. The summed E-state index contributed by atoms with van der Waals surface area (Å²) in [5.74, 6) is -0.952. The molecule has 0 saturated heterocycles. The molecule has 23 heavy (non-hydrogen) atoms. The lowest BCUT2D eigenvalue weighted by Crippen LogP contribution is -2.15. The Morgan fingerprint density at radius 2 is 1.74 bits per heavy atom. The van der Waals surface area contributed by atoms with Crippen molar-refractivity contribution < 1.29 is 18.7 Å². The van der Waals surface area contributed by atoms with E-state index in [0.717, 1.165) is 6.07 Å². The third-order valence-electron chi connectivity index (χ3n) is 3.30. The predicted molar refractivity (Wildman–Crippen MR) is 86.4 cm³/mol. The molecule has 120 valence electrons. The molecule has 6 heteroatoms. The molecule has 0 atom stereocenters. The predicted octanol–water partition coefficient (Wildman–Crippen LogP) is 3.35. The molecule has 2 N–H and O–H groups in total. The van der Waals surface area contributed by atoms with Crippen LogP contribution in [0, 0.1) is 12.7 Å². The summed E-state index contributed by atoms with van der Waals surface area (Å²) in [7, 11) is 1.41. The number of methoxy groups -OCH3 is 1. The Labute approximate surface area is 133 Å². The van der Waals surface area contributed by atoms with E-state index in [2.05, 4.69) is 10.6 Å². The summed E-state index contributed by atoms with van der Waals surface area (Å²) in [6.45, 7) is 3.17. The van der Waals surface area contributed by atoms with Crippen LogP contribution in [-0.2, 0) is 4.79 Å². The number of anilines is 2. The van der Waals surface area contributed by atoms with Crippen molar-refractivity contribution in [1.29, 1.82) is 0 Å². The van der Waals surface area contributed by atoms with Gasteiger partial charge in [0.1, 0.15) is 11.6 Å². The zero-order valence-corrected chi connectivity index (χ0v) is 13.1. The number of hydrogen-bond donors (Lipinski definition) is 2. The molecule has 0 heterocycles. The van der Waals surface area contributed by atoms with Crippen LogP contribution >= 0.6 is 0 Å². The van der Waals surface area contributed by atoms with E-state index < -0.39 is 11.7 Å². The summed E-state index contributed by atoms with van der Waals surface area (Å²) in [5, 5.41) is 5.39. The molecule has 0 aliphatic rings. The summed E-state index contributed by atoms with van der Waals surface area (Å²) >= 11 is 0. The Kier molecular flexibility index (Phi) is 4.95. The Morgan fingerprint density at radius 3 is 2.35 bits per heavy atom. The van der Waals surface area contributed by atoms with E-state index >= 15 is 0 Å². The van der Waals surface area contributed by atoms with Crippen LogP contribution in [0.25, 0.3) is 0 Å². The molecule has 2 aromatic carbocycles. The second-order valence-electron chi connectivity index (χ2n) is 4.96. The number of carbonyl (C=O) groups excluding carboxylic acids is 2. The summed E-state index contributed by atoms with van der Waals surface area (Å²) in [6.07, 6.45) is 0. The fourth-order valence-electron chi connectivity index (χ4n) is 2.14. The average molecular weight is 316 g/mol. The Bertz CT molecular complexity index is 759. The maximum absolute atomic E-state index is 13.4. The molecular formula is C17H17FN2O3. The zero-order chi connectivity index (χ0) is 17.0. The second-order valence-corrected chi connectivity index (χ2v) is 4.96. The van der Waals surface area contributed by atoms with Gasteiger partial charge in [-0.25, -0.2) is 4.39 Å².